The number of benzene rings is 1. The molecule has 2 heterocycles. The van der Waals surface area contributed by atoms with Gasteiger partial charge in [0.1, 0.15) is 11.4 Å². The van der Waals surface area contributed by atoms with Crippen LogP contribution >= 0.6 is 0 Å². The third kappa shape index (κ3) is 7.98. The number of aliphatic imine (C=N–C) groups is 1. The van der Waals surface area contributed by atoms with Crippen molar-refractivity contribution in [1.82, 2.24) is 10.1 Å². The van der Waals surface area contributed by atoms with Gasteiger partial charge in [-0.2, -0.15) is 10.1 Å². The van der Waals surface area contributed by atoms with E-state index < -0.39 is 5.60 Å². The minimum atomic E-state index is -0.399. The number of ether oxygens (including phenoxy) is 1. The molecule has 1 saturated heterocycles. The van der Waals surface area contributed by atoms with Gasteiger partial charge in [0.05, 0.1) is 12.2 Å². The first-order valence-corrected chi connectivity index (χ1v) is 13.4. The Kier molecular flexibility index (Phi) is 10.3. The van der Waals surface area contributed by atoms with Crippen LogP contribution in [0.3, 0.4) is 0 Å². The quantitative estimate of drug-likeness (QED) is 0.212. The molecule has 0 aromatic heterocycles. The average molecular weight is 500 g/mol. The lowest BCUT2D eigenvalue weighted by atomic mass is 9.85. The van der Waals surface area contributed by atoms with Crippen LogP contribution < -0.4 is 4.74 Å². The van der Waals surface area contributed by atoms with Crippen LogP contribution in [-0.4, -0.2) is 59.8 Å². The van der Waals surface area contributed by atoms with E-state index in [1.807, 2.05) is 43.2 Å². The molecule has 3 rings (SSSR count). The molecule has 1 atom stereocenters. The second-order valence-corrected chi connectivity index (χ2v) is 10.5. The number of para-hydroxylation sites is 1. The van der Waals surface area contributed by atoms with Gasteiger partial charge in [-0.3, -0.25) is 9.83 Å². The third-order valence-corrected chi connectivity index (χ3v) is 6.50. The van der Waals surface area contributed by atoms with Crippen LogP contribution in [0.5, 0.6) is 5.75 Å². The van der Waals surface area contributed by atoms with Crippen molar-refractivity contribution < 1.29 is 19.5 Å². The molecule has 36 heavy (non-hydrogen) atoms. The Bertz CT molecular complexity index is 946. The number of hydroxylamine groups is 4. The van der Waals surface area contributed by atoms with E-state index in [1.54, 1.807) is 0 Å². The molecule has 1 spiro atoms. The highest BCUT2D eigenvalue weighted by atomic mass is 17.3. The Morgan fingerprint density at radius 2 is 1.89 bits per heavy atom. The largest absolute Gasteiger partial charge is 0.482 e. The van der Waals surface area contributed by atoms with Crippen LogP contribution in [0.4, 0.5) is 0 Å². The number of rotatable bonds is 10. The fourth-order valence-corrected chi connectivity index (χ4v) is 4.33. The van der Waals surface area contributed by atoms with E-state index >= 15 is 0 Å². The van der Waals surface area contributed by atoms with Crippen LogP contribution in [0.25, 0.3) is 5.57 Å². The summed E-state index contributed by atoms with van der Waals surface area (Å²) in [4.78, 5) is 22.0. The van der Waals surface area contributed by atoms with Gasteiger partial charge in [0.25, 0.3) is 0 Å². The number of allylic oxidation sites excluding steroid dienone is 1. The minimum absolute atomic E-state index is 0.355. The molecule has 2 aliphatic rings. The number of hydrogen-bond acceptors (Lipinski definition) is 7. The predicted octanol–water partition coefficient (Wildman–Crippen LogP) is 6.38. The zero-order valence-corrected chi connectivity index (χ0v) is 23.3. The molecule has 2 aliphatic heterocycles. The minimum Gasteiger partial charge on any atom is -0.482 e. The first-order chi connectivity index (χ1) is 17.2. The molecular formula is C29H45N3O4. The summed E-state index contributed by atoms with van der Waals surface area (Å²) in [7, 11) is 0. The van der Waals surface area contributed by atoms with Crippen molar-refractivity contribution in [1.29, 1.82) is 0 Å². The van der Waals surface area contributed by atoms with Crippen molar-refractivity contribution in [2.75, 3.05) is 32.8 Å². The van der Waals surface area contributed by atoms with Gasteiger partial charge in [0, 0.05) is 55.6 Å². The highest BCUT2D eigenvalue weighted by Crippen LogP contribution is 2.41. The standard InChI is InChI=1S/C29H45N3O4/c1-8-24(22-33-31(9-2)10-3)21-30-23(4)26-20-29(34-27-15-12-11-14-25(26)27)16-13-18-32(19-17-29)36-35-28(5,6)7/h11-12,14-15,20-21H,8-10,13,16-19,22H2,1-7H3/b24-21+,30-23+. The highest BCUT2D eigenvalue weighted by Gasteiger charge is 2.38. The number of fused-ring (bicyclic) bond motifs is 1. The van der Waals surface area contributed by atoms with Crippen molar-refractivity contribution in [2.24, 2.45) is 4.99 Å². The summed E-state index contributed by atoms with van der Waals surface area (Å²) in [6, 6.07) is 8.26. The molecule has 0 aliphatic carbocycles. The summed E-state index contributed by atoms with van der Waals surface area (Å²) < 4.78 is 6.66. The third-order valence-electron chi connectivity index (χ3n) is 6.50. The zero-order chi connectivity index (χ0) is 26.2. The molecule has 1 aromatic carbocycles. The van der Waals surface area contributed by atoms with Gasteiger partial charge in [-0.25, -0.2) is 4.89 Å². The molecule has 1 fully saturated rings. The van der Waals surface area contributed by atoms with Crippen LogP contribution in [0.1, 0.15) is 79.7 Å². The van der Waals surface area contributed by atoms with Crippen molar-refractivity contribution in [3.63, 3.8) is 0 Å². The van der Waals surface area contributed by atoms with Gasteiger partial charge in [-0.05, 0) is 64.7 Å². The van der Waals surface area contributed by atoms with Crippen molar-refractivity contribution in [2.45, 2.75) is 85.4 Å². The van der Waals surface area contributed by atoms with E-state index in [4.69, 9.17) is 24.4 Å². The molecule has 0 saturated carbocycles. The van der Waals surface area contributed by atoms with E-state index in [1.165, 1.54) is 0 Å². The zero-order valence-electron chi connectivity index (χ0n) is 23.3. The van der Waals surface area contributed by atoms with E-state index in [-0.39, 0.29) is 5.60 Å². The van der Waals surface area contributed by atoms with Gasteiger partial charge >= 0.3 is 0 Å². The molecule has 200 valence electrons. The summed E-state index contributed by atoms with van der Waals surface area (Å²) in [6.07, 6.45) is 7.80. The molecular weight excluding hydrogens is 454 g/mol. The molecule has 0 bridgehead atoms. The van der Waals surface area contributed by atoms with E-state index in [0.29, 0.717) is 6.61 Å². The second-order valence-electron chi connectivity index (χ2n) is 10.5. The summed E-state index contributed by atoms with van der Waals surface area (Å²) in [6.45, 7) is 18.2. The maximum Gasteiger partial charge on any atom is 0.129 e. The Hall–Kier alpha value is -2.03. The second kappa shape index (κ2) is 13.0. The first-order valence-electron chi connectivity index (χ1n) is 13.4. The van der Waals surface area contributed by atoms with Crippen LogP contribution in [0.2, 0.25) is 0 Å². The van der Waals surface area contributed by atoms with Crippen LogP contribution in [-0.2, 0) is 14.7 Å². The van der Waals surface area contributed by atoms with Gasteiger partial charge in [-0.1, -0.05) is 39.0 Å². The fourth-order valence-electron chi connectivity index (χ4n) is 4.33. The predicted molar refractivity (Wildman–Crippen MR) is 145 cm³/mol. The first kappa shape index (κ1) is 28.5. The van der Waals surface area contributed by atoms with E-state index in [0.717, 1.165) is 80.0 Å². The maximum absolute atomic E-state index is 6.66. The summed E-state index contributed by atoms with van der Waals surface area (Å²) in [5, 5.41) is 3.87. The van der Waals surface area contributed by atoms with Gasteiger partial charge in [0.2, 0.25) is 0 Å². The monoisotopic (exact) mass is 499 g/mol. The lowest BCUT2D eigenvalue weighted by Gasteiger charge is -2.36. The normalized spacial score (nSPS) is 21.8. The highest BCUT2D eigenvalue weighted by molar-refractivity contribution is 6.24. The Balaban J connectivity index is 1.82. The smallest absolute Gasteiger partial charge is 0.129 e. The summed E-state index contributed by atoms with van der Waals surface area (Å²) >= 11 is 0. The van der Waals surface area contributed by atoms with Gasteiger partial charge < -0.3 is 4.74 Å². The molecule has 7 nitrogen and oxygen atoms in total. The molecule has 7 heteroatoms. The van der Waals surface area contributed by atoms with Crippen molar-refractivity contribution in [3.8, 4) is 5.75 Å². The van der Waals surface area contributed by atoms with Crippen LogP contribution in [0, 0.1) is 0 Å². The van der Waals surface area contributed by atoms with E-state index in [9.17, 15) is 0 Å². The lowest BCUT2D eigenvalue weighted by molar-refractivity contribution is -0.460. The topological polar surface area (TPSA) is 55.8 Å². The molecule has 0 radical (unpaired) electrons. The molecule has 0 amide bonds. The van der Waals surface area contributed by atoms with Gasteiger partial charge in [-0.15, -0.1) is 4.99 Å². The lowest BCUT2D eigenvalue weighted by Crippen LogP contribution is -2.38. The SMILES string of the molecule is CC/C(=C\N=C(/C)C1=CC2(CCCN(OOC(C)(C)C)CC2)Oc2ccccc21)CON(CC)CC. The molecule has 1 aromatic rings. The van der Waals surface area contributed by atoms with Gasteiger partial charge in [0.15, 0.2) is 0 Å². The Morgan fingerprint density at radius 1 is 1.14 bits per heavy atom. The molecule has 0 N–H and O–H groups in total. The van der Waals surface area contributed by atoms with Crippen molar-refractivity contribution in [3.05, 3.63) is 47.7 Å². The Labute approximate surface area is 217 Å². The summed E-state index contributed by atoms with van der Waals surface area (Å²) in [5.74, 6) is 0.912. The maximum atomic E-state index is 6.66. The fraction of sp³-hybridized carbons (Fsp3) is 0.621. The van der Waals surface area contributed by atoms with Crippen molar-refractivity contribution >= 4 is 11.3 Å². The average Bonchev–Trinajstić information content (AvgIpc) is 3.05. The van der Waals surface area contributed by atoms with Crippen LogP contribution in [0.15, 0.2) is 47.1 Å². The Morgan fingerprint density at radius 3 is 2.58 bits per heavy atom. The number of nitrogens with zero attached hydrogens (tertiary/aromatic N) is 3. The number of hydrogen-bond donors (Lipinski definition) is 0. The van der Waals surface area contributed by atoms with E-state index in [2.05, 4.69) is 52.0 Å². The summed E-state index contributed by atoms with van der Waals surface area (Å²) in [5.41, 5.74) is 3.61. The molecule has 1 unspecified atom stereocenters.